The van der Waals surface area contributed by atoms with Crippen LogP contribution in [0, 0.1) is 16.7 Å². The smallest absolute Gasteiger partial charge is 0.256 e. The number of unbranched alkanes of at least 4 members (excludes halogenated alkanes) is 1. The number of benzene rings is 1. The third-order valence-corrected chi connectivity index (χ3v) is 8.71. The van der Waals surface area contributed by atoms with Gasteiger partial charge in [0.25, 0.3) is 5.91 Å². The molecule has 27 heavy (non-hydrogen) atoms. The molecule has 2 bridgehead atoms. The molecule has 0 radical (unpaired) electrons. The van der Waals surface area contributed by atoms with Crippen molar-refractivity contribution >= 4 is 33.3 Å². The van der Waals surface area contributed by atoms with Crippen molar-refractivity contribution in [3.05, 3.63) is 41.6 Å². The molecule has 4 heteroatoms. The third-order valence-electron chi connectivity index (χ3n) is 7.61. The molecule has 0 unspecified atom stereocenters. The Hall–Kier alpha value is -1.42. The highest BCUT2D eigenvalue weighted by Gasteiger charge is 2.68. The molecule has 3 aliphatic rings. The van der Waals surface area contributed by atoms with Gasteiger partial charge in [0.2, 0.25) is 0 Å². The molecule has 0 aromatic heterocycles. The summed E-state index contributed by atoms with van der Waals surface area (Å²) in [5.41, 5.74) is 2.56. The normalized spacial score (nSPS) is 34.4. The lowest BCUT2D eigenvalue weighted by Gasteiger charge is -2.45. The van der Waals surface area contributed by atoms with Gasteiger partial charge in [-0.3, -0.25) is 14.5 Å². The Balaban J connectivity index is 1.96. The van der Waals surface area contributed by atoms with Crippen LogP contribution in [0.4, 0.5) is 5.69 Å². The number of amides is 1. The molecule has 0 N–H and O–H groups in total. The lowest BCUT2D eigenvalue weighted by Crippen LogP contribution is -2.57. The number of ketones is 1. The average Bonchev–Trinajstić information content (AvgIpc) is 2.98. The number of nitrogens with zero attached hydrogens (tertiary/aromatic N) is 1. The van der Waals surface area contributed by atoms with E-state index >= 15 is 0 Å². The number of alkyl halides is 1. The maximum absolute atomic E-state index is 13.8. The van der Waals surface area contributed by atoms with Gasteiger partial charge in [-0.1, -0.05) is 74.7 Å². The number of allylic oxidation sites excluding steroid dienone is 2. The molecule has 1 aliphatic heterocycles. The van der Waals surface area contributed by atoms with Crippen molar-refractivity contribution in [2.45, 2.75) is 64.1 Å². The van der Waals surface area contributed by atoms with E-state index in [1.807, 2.05) is 35.2 Å². The summed E-state index contributed by atoms with van der Waals surface area (Å²) in [5.74, 6) is 0.128. The van der Waals surface area contributed by atoms with Gasteiger partial charge in [0.15, 0.2) is 10.1 Å². The topological polar surface area (TPSA) is 37.4 Å². The predicted molar refractivity (Wildman–Crippen MR) is 112 cm³/mol. The second-order valence-corrected chi connectivity index (χ2v) is 10.5. The summed E-state index contributed by atoms with van der Waals surface area (Å²) in [6.07, 6.45) is 4.40. The number of fused-ring (bicyclic) bond motifs is 4. The zero-order valence-electron chi connectivity index (χ0n) is 16.6. The first-order valence-corrected chi connectivity index (χ1v) is 10.9. The summed E-state index contributed by atoms with van der Waals surface area (Å²) in [6, 6.07) is 9.84. The minimum absolute atomic E-state index is 0.0182. The van der Waals surface area contributed by atoms with E-state index < -0.39 is 4.32 Å². The van der Waals surface area contributed by atoms with E-state index in [0.29, 0.717) is 6.42 Å². The first kappa shape index (κ1) is 18.9. The largest absolute Gasteiger partial charge is 0.292 e. The van der Waals surface area contributed by atoms with E-state index in [0.717, 1.165) is 42.6 Å². The monoisotopic (exact) mass is 429 g/mol. The summed E-state index contributed by atoms with van der Waals surface area (Å²) in [7, 11) is 0. The van der Waals surface area contributed by atoms with E-state index in [-0.39, 0.29) is 28.4 Å². The third kappa shape index (κ3) is 2.25. The van der Waals surface area contributed by atoms with Crippen molar-refractivity contribution < 1.29 is 9.59 Å². The molecular formula is C23H28BrNO2. The molecule has 2 aliphatic carbocycles. The lowest BCUT2D eigenvalue weighted by atomic mass is 9.69. The van der Waals surface area contributed by atoms with Crippen LogP contribution in [0.25, 0.3) is 0 Å². The molecule has 144 valence electrons. The molecule has 1 saturated carbocycles. The number of carbonyl (C=O) groups excluding carboxylic acids is 2. The number of Topliss-reactive ketones (excluding diaryl/α,β-unsaturated/α-hetero) is 1. The summed E-state index contributed by atoms with van der Waals surface area (Å²) in [4.78, 5) is 29.3. The molecule has 3 nitrogen and oxygen atoms in total. The number of carbonyl (C=O) groups is 2. The quantitative estimate of drug-likeness (QED) is 0.458. The molecular weight excluding hydrogens is 402 g/mol. The highest BCUT2D eigenvalue weighted by molar-refractivity contribution is 9.10. The Bertz CT molecular complexity index is 843. The van der Waals surface area contributed by atoms with E-state index in [1.165, 1.54) is 0 Å². The van der Waals surface area contributed by atoms with Crippen LogP contribution < -0.4 is 4.90 Å². The van der Waals surface area contributed by atoms with Crippen molar-refractivity contribution in [2.75, 3.05) is 4.90 Å². The van der Waals surface area contributed by atoms with Crippen LogP contribution in [0.3, 0.4) is 0 Å². The van der Waals surface area contributed by atoms with Gasteiger partial charge in [0.1, 0.15) is 0 Å². The van der Waals surface area contributed by atoms with Gasteiger partial charge in [-0.05, 0) is 42.7 Å². The molecule has 1 aromatic carbocycles. The van der Waals surface area contributed by atoms with Gasteiger partial charge in [-0.15, -0.1) is 0 Å². The Morgan fingerprint density at radius 3 is 2.44 bits per heavy atom. The van der Waals surface area contributed by atoms with Crippen LogP contribution in [0.1, 0.15) is 59.8 Å². The average molecular weight is 430 g/mol. The predicted octanol–water partition coefficient (Wildman–Crippen LogP) is 5.64. The van der Waals surface area contributed by atoms with Gasteiger partial charge in [0, 0.05) is 22.4 Å². The maximum Gasteiger partial charge on any atom is 0.256 e. The fraction of sp³-hybridized carbons (Fsp3) is 0.565. The number of hydrogen-bond donors (Lipinski definition) is 0. The van der Waals surface area contributed by atoms with Crippen LogP contribution in [0.5, 0.6) is 0 Å². The van der Waals surface area contributed by atoms with E-state index in [9.17, 15) is 9.59 Å². The second kappa shape index (κ2) is 6.04. The van der Waals surface area contributed by atoms with Crippen LogP contribution >= 0.6 is 15.9 Å². The molecule has 1 amide bonds. The Morgan fingerprint density at radius 1 is 1.15 bits per heavy atom. The van der Waals surface area contributed by atoms with Crippen LogP contribution in [-0.2, 0) is 9.59 Å². The van der Waals surface area contributed by atoms with Crippen LogP contribution in [-0.4, -0.2) is 16.0 Å². The van der Waals surface area contributed by atoms with E-state index in [1.54, 1.807) is 0 Å². The minimum Gasteiger partial charge on any atom is -0.292 e. The molecule has 0 saturated heterocycles. The van der Waals surface area contributed by atoms with Crippen molar-refractivity contribution in [3.63, 3.8) is 0 Å². The van der Waals surface area contributed by atoms with E-state index in [4.69, 9.17) is 0 Å². The summed E-state index contributed by atoms with van der Waals surface area (Å²) in [5, 5.41) is 0. The Labute approximate surface area is 170 Å². The fourth-order valence-corrected chi connectivity index (χ4v) is 6.25. The standard InChI is InChI=1S/C23H28BrNO2/c1-5-6-13-23(24)19(26)17-16-12-14-22(4,21(16,2)3)18(17)25(20(23)27)15-10-8-7-9-11-15/h7-11,16H,5-6,12-14H2,1-4H3/t16-,22-,23+/m1/s1. The van der Waals surface area contributed by atoms with Crippen molar-refractivity contribution in [1.82, 2.24) is 0 Å². The number of halogens is 1. The maximum atomic E-state index is 13.8. The van der Waals surface area contributed by atoms with Crippen LogP contribution in [0.15, 0.2) is 41.6 Å². The van der Waals surface area contributed by atoms with Gasteiger partial charge in [-0.25, -0.2) is 0 Å². The first-order chi connectivity index (χ1) is 12.7. The molecule has 1 heterocycles. The zero-order valence-corrected chi connectivity index (χ0v) is 18.2. The Kier molecular flexibility index (Phi) is 4.23. The number of hydrogen-bond acceptors (Lipinski definition) is 2. The van der Waals surface area contributed by atoms with Crippen molar-refractivity contribution in [2.24, 2.45) is 16.7 Å². The fourth-order valence-electron chi connectivity index (χ4n) is 5.58. The highest BCUT2D eigenvalue weighted by Crippen LogP contribution is 2.70. The van der Waals surface area contributed by atoms with Crippen LogP contribution in [0.2, 0.25) is 0 Å². The lowest BCUT2D eigenvalue weighted by molar-refractivity contribution is -0.129. The first-order valence-electron chi connectivity index (χ1n) is 10.1. The minimum atomic E-state index is -1.13. The Morgan fingerprint density at radius 2 is 1.81 bits per heavy atom. The summed E-state index contributed by atoms with van der Waals surface area (Å²) < 4.78 is -1.13. The van der Waals surface area contributed by atoms with Gasteiger partial charge >= 0.3 is 0 Å². The van der Waals surface area contributed by atoms with Gasteiger partial charge < -0.3 is 0 Å². The SMILES string of the molecule is CCCC[C@]1(Br)C(=O)C2=C(N(c3ccccc3)C1=O)[C@@]1(C)CC[C@H]2C1(C)C. The molecule has 0 spiro atoms. The molecule has 1 fully saturated rings. The number of anilines is 1. The second-order valence-electron chi connectivity index (χ2n) is 9.12. The number of para-hydroxylation sites is 1. The molecule has 4 rings (SSSR count). The zero-order chi connectivity index (χ0) is 19.6. The van der Waals surface area contributed by atoms with Crippen molar-refractivity contribution in [1.29, 1.82) is 0 Å². The number of rotatable bonds is 4. The van der Waals surface area contributed by atoms with E-state index in [2.05, 4.69) is 43.6 Å². The van der Waals surface area contributed by atoms with Gasteiger partial charge in [0.05, 0.1) is 0 Å². The van der Waals surface area contributed by atoms with Crippen molar-refractivity contribution in [3.8, 4) is 0 Å². The van der Waals surface area contributed by atoms with Gasteiger partial charge in [-0.2, -0.15) is 0 Å². The summed E-state index contributed by atoms with van der Waals surface area (Å²) >= 11 is 3.65. The summed E-state index contributed by atoms with van der Waals surface area (Å²) in [6.45, 7) is 8.88. The highest BCUT2D eigenvalue weighted by atomic mass is 79.9. The molecule has 1 aromatic rings. The molecule has 3 atom stereocenters.